The molecule has 0 bridgehead atoms. The van der Waals surface area contributed by atoms with E-state index < -0.39 is 0 Å². The second kappa shape index (κ2) is 6.92. The highest BCUT2D eigenvalue weighted by atomic mass is 35.5. The predicted molar refractivity (Wildman–Crippen MR) is 87.3 cm³/mol. The molecule has 2 heteroatoms. The van der Waals surface area contributed by atoms with Crippen LogP contribution in [0.4, 0.5) is 0 Å². The van der Waals surface area contributed by atoms with Crippen LogP contribution in [0, 0.1) is 5.92 Å². The minimum absolute atomic E-state index is 0.209. The van der Waals surface area contributed by atoms with Gasteiger partial charge in [-0.3, -0.25) is 0 Å². The molecule has 0 fully saturated rings. The molecule has 1 nitrogen and oxygen atoms in total. The van der Waals surface area contributed by atoms with Crippen molar-refractivity contribution < 1.29 is 0 Å². The SMILES string of the molecule is CNC(c1ccc(Cl)cc1)c1ccc(CC(C)C)cc1. The van der Waals surface area contributed by atoms with Gasteiger partial charge in [0.05, 0.1) is 6.04 Å². The molecule has 0 saturated heterocycles. The molecule has 0 saturated carbocycles. The number of halogens is 1. The maximum Gasteiger partial charge on any atom is 0.0574 e. The van der Waals surface area contributed by atoms with Gasteiger partial charge in [-0.05, 0) is 48.2 Å². The summed E-state index contributed by atoms with van der Waals surface area (Å²) in [4.78, 5) is 0. The van der Waals surface area contributed by atoms with Crippen molar-refractivity contribution in [2.45, 2.75) is 26.3 Å². The second-order valence-electron chi connectivity index (χ2n) is 5.61. The smallest absolute Gasteiger partial charge is 0.0574 e. The summed E-state index contributed by atoms with van der Waals surface area (Å²) in [5.41, 5.74) is 3.91. The average molecular weight is 288 g/mol. The van der Waals surface area contributed by atoms with E-state index in [2.05, 4.69) is 55.6 Å². The monoisotopic (exact) mass is 287 g/mol. The standard InChI is InChI=1S/C18H22ClN/c1-13(2)12-14-4-6-15(7-5-14)18(20-3)16-8-10-17(19)11-9-16/h4-11,13,18,20H,12H2,1-3H3. The van der Waals surface area contributed by atoms with E-state index in [0.29, 0.717) is 5.92 Å². The Balaban J connectivity index is 2.21. The number of nitrogens with one attached hydrogen (secondary N) is 1. The van der Waals surface area contributed by atoms with Crippen LogP contribution in [0.15, 0.2) is 48.5 Å². The molecule has 2 rings (SSSR count). The van der Waals surface area contributed by atoms with Crippen LogP contribution in [-0.4, -0.2) is 7.05 Å². The molecule has 0 aliphatic heterocycles. The van der Waals surface area contributed by atoms with Crippen molar-refractivity contribution in [3.8, 4) is 0 Å². The van der Waals surface area contributed by atoms with Crippen LogP contribution >= 0.6 is 11.6 Å². The first-order valence-electron chi connectivity index (χ1n) is 7.11. The summed E-state index contributed by atoms with van der Waals surface area (Å²) in [6.45, 7) is 4.50. The normalized spacial score (nSPS) is 12.7. The van der Waals surface area contributed by atoms with Crippen molar-refractivity contribution in [2.24, 2.45) is 5.92 Å². The van der Waals surface area contributed by atoms with Gasteiger partial charge in [-0.15, -0.1) is 0 Å². The van der Waals surface area contributed by atoms with Crippen LogP contribution in [-0.2, 0) is 6.42 Å². The van der Waals surface area contributed by atoms with E-state index in [0.717, 1.165) is 11.4 Å². The molecular formula is C18H22ClN. The fraction of sp³-hybridized carbons (Fsp3) is 0.333. The van der Waals surface area contributed by atoms with Gasteiger partial charge >= 0.3 is 0 Å². The van der Waals surface area contributed by atoms with Crippen molar-refractivity contribution in [1.29, 1.82) is 0 Å². The van der Waals surface area contributed by atoms with Crippen LogP contribution in [0.3, 0.4) is 0 Å². The molecular weight excluding hydrogens is 266 g/mol. The molecule has 0 aromatic heterocycles. The first-order valence-corrected chi connectivity index (χ1v) is 7.49. The van der Waals surface area contributed by atoms with Gasteiger partial charge in [-0.25, -0.2) is 0 Å². The van der Waals surface area contributed by atoms with E-state index in [1.165, 1.54) is 16.7 Å². The Hall–Kier alpha value is -1.31. The Bertz CT molecular complexity index is 528. The van der Waals surface area contributed by atoms with Crippen molar-refractivity contribution in [3.63, 3.8) is 0 Å². The van der Waals surface area contributed by atoms with Crippen LogP contribution in [0.5, 0.6) is 0 Å². The minimum Gasteiger partial charge on any atom is -0.309 e. The Morgan fingerprint density at radius 1 is 0.900 bits per heavy atom. The van der Waals surface area contributed by atoms with Crippen molar-refractivity contribution >= 4 is 11.6 Å². The summed E-state index contributed by atoms with van der Waals surface area (Å²) in [5.74, 6) is 0.692. The lowest BCUT2D eigenvalue weighted by Gasteiger charge is -2.18. The topological polar surface area (TPSA) is 12.0 Å². The van der Waals surface area contributed by atoms with Gasteiger partial charge in [0, 0.05) is 5.02 Å². The first-order chi connectivity index (χ1) is 9.60. The third-order valence-electron chi connectivity index (χ3n) is 3.45. The number of benzene rings is 2. The lowest BCUT2D eigenvalue weighted by atomic mass is 9.96. The maximum absolute atomic E-state index is 5.95. The number of hydrogen-bond donors (Lipinski definition) is 1. The molecule has 0 heterocycles. The van der Waals surface area contributed by atoms with Gasteiger partial charge in [0.1, 0.15) is 0 Å². The van der Waals surface area contributed by atoms with Crippen LogP contribution < -0.4 is 5.32 Å². The Kier molecular flexibility index (Phi) is 5.22. The molecule has 2 aromatic carbocycles. The summed E-state index contributed by atoms with van der Waals surface area (Å²) >= 11 is 5.95. The number of rotatable bonds is 5. The van der Waals surface area contributed by atoms with Gasteiger partial charge in [0.25, 0.3) is 0 Å². The third kappa shape index (κ3) is 3.84. The summed E-state index contributed by atoms with van der Waals surface area (Å²) in [5, 5.41) is 4.15. The first kappa shape index (κ1) is 15.1. The molecule has 0 aliphatic carbocycles. The Labute approximate surface area is 127 Å². The van der Waals surface area contributed by atoms with Gasteiger partial charge in [-0.1, -0.05) is 61.8 Å². The number of hydrogen-bond acceptors (Lipinski definition) is 1. The zero-order valence-corrected chi connectivity index (χ0v) is 13.1. The van der Waals surface area contributed by atoms with Gasteiger partial charge in [0.15, 0.2) is 0 Å². The highest BCUT2D eigenvalue weighted by Gasteiger charge is 2.11. The van der Waals surface area contributed by atoms with E-state index in [1.54, 1.807) is 0 Å². The van der Waals surface area contributed by atoms with E-state index in [9.17, 15) is 0 Å². The highest BCUT2D eigenvalue weighted by molar-refractivity contribution is 6.30. The van der Waals surface area contributed by atoms with Crippen LogP contribution in [0.1, 0.15) is 36.6 Å². The zero-order valence-electron chi connectivity index (χ0n) is 12.4. The Morgan fingerprint density at radius 2 is 1.40 bits per heavy atom. The van der Waals surface area contributed by atoms with E-state index >= 15 is 0 Å². The van der Waals surface area contributed by atoms with Crippen molar-refractivity contribution in [2.75, 3.05) is 7.05 Å². The maximum atomic E-state index is 5.95. The second-order valence-corrected chi connectivity index (χ2v) is 6.05. The molecule has 0 amide bonds. The van der Waals surface area contributed by atoms with E-state index in [4.69, 9.17) is 11.6 Å². The van der Waals surface area contributed by atoms with Crippen molar-refractivity contribution in [1.82, 2.24) is 5.32 Å². The zero-order chi connectivity index (χ0) is 14.5. The molecule has 106 valence electrons. The molecule has 2 aromatic rings. The van der Waals surface area contributed by atoms with E-state index in [-0.39, 0.29) is 6.04 Å². The molecule has 1 N–H and O–H groups in total. The summed E-state index contributed by atoms with van der Waals surface area (Å²) < 4.78 is 0. The molecule has 1 unspecified atom stereocenters. The van der Waals surface area contributed by atoms with E-state index in [1.807, 2.05) is 19.2 Å². The van der Waals surface area contributed by atoms with Gasteiger partial charge in [-0.2, -0.15) is 0 Å². The fourth-order valence-corrected chi connectivity index (χ4v) is 2.62. The minimum atomic E-state index is 0.209. The molecule has 1 atom stereocenters. The molecule has 0 spiro atoms. The molecule has 0 radical (unpaired) electrons. The summed E-state index contributed by atoms with van der Waals surface area (Å²) in [6.07, 6.45) is 1.13. The Morgan fingerprint density at radius 3 is 1.85 bits per heavy atom. The lowest BCUT2D eigenvalue weighted by Crippen LogP contribution is -2.17. The van der Waals surface area contributed by atoms with Gasteiger partial charge in [0.2, 0.25) is 0 Å². The largest absolute Gasteiger partial charge is 0.309 e. The summed E-state index contributed by atoms with van der Waals surface area (Å²) in [6, 6.07) is 17.1. The predicted octanol–water partition coefficient (Wildman–Crippen LogP) is 4.85. The average Bonchev–Trinajstić information content (AvgIpc) is 2.43. The molecule has 0 aliphatic rings. The third-order valence-corrected chi connectivity index (χ3v) is 3.70. The van der Waals surface area contributed by atoms with Crippen LogP contribution in [0.25, 0.3) is 0 Å². The van der Waals surface area contributed by atoms with Crippen LogP contribution in [0.2, 0.25) is 5.02 Å². The highest BCUT2D eigenvalue weighted by Crippen LogP contribution is 2.24. The van der Waals surface area contributed by atoms with Crippen molar-refractivity contribution in [3.05, 3.63) is 70.2 Å². The van der Waals surface area contributed by atoms with Gasteiger partial charge < -0.3 is 5.32 Å². The summed E-state index contributed by atoms with van der Waals surface area (Å²) in [7, 11) is 1.99. The lowest BCUT2D eigenvalue weighted by molar-refractivity contribution is 0.645. The quantitative estimate of drug-likeness (QED) is 0.829. The molecule has 20 heavy (non-hydrogen) atoms. The fourth-order valence-electron chi connectivity index (χ4n) is 2.50.